The zero-order chi connectivity index (χ0) is 22.3. The van der Waals surface area contributed by atoms with E-state index in [2.05, 4.69) is 21.0 Å². The highest BCUT2D eigenvalue weighted by atomic mass is 79.9. The van der Waals surface area contributed by atoms with Gasteiger partial charge in [-0.2, -0.15) is 10.1 Å². The van der Waals surface area contributed by atoms with Crippen molar-refractivity contribution in [1.29, 1.82) is 0 Å². The lowest BCUT2D eigenvalue weighted by Gasteiger charge is -2.15. The third-order valence-electron chi connectivity index (χ3n) is 3.99. The second-order valence-corrected chi connectivity index (χ2v) is 6.97. The van der Waals surface area contributed by atoms with Gasteiger partial charge in [-0.3, -0.25) is 9.59 Å². The van der Waals surface area contributed by atoms with Crippen molar-refractivity contribution in [3.05, 3.63) is 62.9 Å². The van der Waals surface area contributed by atoms with Gasteiger partial charge in [-0.15, -0.1) is 0 Å². The minimum absolute atomic E-state index is 0.0577. The fraction of sp³-hybridized carbons (Fsp3) is 0.105. The van der Waals surface area contributed by atoms with Crippen molar-refractivity contribution in [2.45, 2.75) is 13.8 Å². The van der Waals surface area contributed by atoms with Crippen LogP contribution in [0.5, 0.6) is 5.75 Å². The van der Waals surface area contributed by atoms with Crippen LogP contribution >= 0.6 is 15.9 Å². The number of nitrogens with zero attached hydrogens (tertiary/aromatic N) is 2. The zero-order valence-corrected chi connectivity index (χ0v) is 16.8. The molecule has 2 aromatic carbocycles. The molecule has 5 nitrogen and oxygen atoms in total. The Labute approximate surface area is 174 Å². The van der Waals surface area contributed by atoms with Crippen molar-refractivity contribution >= 4 is 45.3 Å². The number of halogens is 6. The monoisotopic (exact) mass is 488 g/mol. The van der Waals surface area contributed by atoms with Crippen molar-refractivity contribution in [2.24, 2.45) is 5.10 Å². The van der Waals surface area contributed by atoms with E-state index < -0.39 is 46.6 Å². The van der Waals surface area contributed by atoms with Crippen LogP contribution in [0.2, 0.25) is 0 Å². The number of carbonyl (C=O) groups excluding carboxylic acids is 2. The highest BCUT2D eigenvalue weighted by Gasteiger charge is 2.37. The zero-order valence-electron chi connectivity index (χ0n) is 15.2. The van der Waals surface area contributed by atoms with E-state index in [4.69, 9.17) is 4.74 Å². The van der Waals surface area contributed by atoms with E-state index in [-0.39, 0.29) is 27.6 Å². The number of hydrogen-bond donors (Lipinski definition) is 0. The Morgan fingerprint density at radius 2 is 1.63 bits per heavy atom. The molecule has 30 heavy (non-hydrogen) atoms. The van der Waals surface area contributed by atoms with E-state index in [9.17, 15) is 31.5 Å². The Bertz CT molecular complexity index is 1130. The van der Waals surface area contributed by atoms with Crippen molar-refractivity contribution in [1.82, 2.24) is 0 Å². The average Bonchev–Trinajstić information content (AvgIpc) is 2.95. The van der Waals surface area contributed by atoms with Gasteiger partial charge in [-0.05, 0) is 31.2 Å². The van der Waals surface area contributed by atoms with Crippen LogP contribution in [0.25, 0.3) is 6.08 Å². The Kier molecular flexibility index (Phi) is 5.75. The van der Waals surface area contributed by atoms with Crippen molar-refractivity contribution in [3.8, 4) is 5.75 Å². The molecule has 3 rings (SSSR count). The summed E-state index contributed by atoms with van der Waals surface area (Å²) in [5, 5.41) is 3.74. The van der Waals surface area contributed by atoms with E-state index in [1.807, 2.05) is 0 Å². The van der Waals surface area contributed by atoms with Gasteiger partial charge < -0.3 is 4.74 Å². The first-order chi connectivity index (χ1) is 14.0. The maximum absolute atomic E-state index is 14.1. The van der Waals surface area contributed by atoms with Crippen molar-refractivity contribution < 1.29 is 36.3 Å². The largest absolute Gasteiger partial charge is 0.426 e. The molecule has 1 aliphatic heterocycles. The lowest BCUT2D eigenvalue weighted by Crippen LogP contribution is -2.25. The number of rotatable bonds is 3. The van der Waals surface area contributed by atoms with E-state index in [0.717, 1.165) is 6.92 Å². The predicted octanol–water partition coefficient (Wildman–Crippen LogP) is 4.88. The molecule has 2 aromatic rings. The van der Waals surface area contributed by atoms with Gasteiger partial charge in [0.15, 0.2) is 23.3 Å². The Morgan fingerprint density at radius 1 is 1.07 bits per heavy atom. The third-order valence-corrected chi connectivity index (χ3v) is 4.48. The van der Waals surface area contributed by atoms with Crippen LogP contribution in [-0.2, 0) is 9.59 Å². The van der Waals surface area contributed by atoms with Crippen LogP contribution in [0.1, 0.15) is 19.4 Å². The van der Waals surface area contributed by atoms with E-state index >= 15 is 0 Å². The van der Waals surface area contributed by atoms with Gasteiger partial charge in [0.05, 0.1) is 11.3 Å². The van der Waals surface area contributed by atoms with Gasteiger partial charge >= 0.3 is 5.97 Å². The average molecular weight is 489 g/mol. The van der Waals surface area contributed by atoms with E-state index in [1.165, 1.54) is 25.1 Å². The minimum atomic E-state index is -2.35. The highest BCUT2D eigenvalue weighted by Crippen LogP contribution is 2.35. The summed E-state index contributed by atoms with van der Waals surface area (Å²) in [5.41, 5.74) is -1.52. The summed E-state index contributed by atoms with van der Waals surface area (Å²) in [6, 6.07) is 4.50. The number of hydrogen-bond acceptors (Lipinski definition) is 4. The molecule has 0 aliphatic carbocycles. The lowest BCUT2D eigenvalue weighted by atomic mass is 10.1. The summed E-state index contributed by atoms with van der Waals surface area (Å²) >= 11 is 3.22. The van der Waals surface area contributed by atoms with Crippen molar-refractivity contribution in [2.75, 3.05) is 5.01 Å². The second-order valence-electron chi connectivity index (χ2n) is 6.05. The van der Waals surface area contributed by atoms with E-state index in [1.54, 1.807) is 6.07 Å². The first-order valence-corrected chi connectivity index (χ1v) is 8.93. The Hall–Kier alpha value is -3.08. The minimum Gasteiger partial charge on any atom is -0.426 e. The molecule has 0 saturated heterocycles. The van der Waals surface area contributed by atoms with Crippen LogP contribution in [-0.4, -0.2) is 17.6 Å². The van der Waals surface area contributed by atoms with Crippen LogP contribution in [0.3, 0.4) is 0 Å². The smallest absolute Gasteiger partial charge is 0.308 e. The number of hydrazone groups is 1. The van der Waals surface area contributed by atoms with E-state index in [0.29, 0.717) is 4.47 Å². The number of anilines is 1. The third kappa shape index (κ3) is 3.72. The molecular formula is C19H10BrF5N2O3. The number of amides is 1. The molecule has 156 valence electrons. The maximum Gasteiger partial charge on any atom is 0.308 e. The quantitative estimate of drug-likeness (QED) is 0.154. The summed E-state index contributed by atoms with van der Waals surface area (Å²) in [7, 11) is 0. The number of benzene rings is 2. The second kappa shape index (κ2) is 7.98. The van der Waals surface area contributed by atoms with Crippen LogP contribution < -0.4 is 9.75 Å². The molecule has 11 heteroatoms. The molecule has 0 fully saturated rings. The normalized spacial score (nSPS) is 15.1. The van der Waals surface area contributed by atoms with Crippen molar-refractivity contribution in [3.63, 3.8) is 0 Å². The molecule has 1 amide bonds. The summed E-state index contributed by atoms with van der Waals surface area (Å²) < 4.78 is 74.1. The number of ether oxygens (including phenoxy) is 1. The van der Waals surface area contributed by atoms with Crippen LogP contribution in [0.4, 0.5) is 27.6 Å². The fourth-order valence-corrected chi connectivity index (χ4v) is 3.03. The fourth-order valence-electron chi connectivity index (χ4n) is 2.65. The highest BCUT2D eigenvalue weighted by molar-refractivity contribution is 9.10. The molecule has 0 N–H and O–H groups in total. The first kappa shape index (κ1) is 21.6. The van der Waals surface area contributed by atoms with Gasteiger partial charge in [-0.25, -0.2) is 22.0 Å². The lowest BCUT2D eigenvalue weighted by molar-refractivity contribution is -0.131. The van der Waals surface area contributed by atoms with Gasteiger partial charge in [0.2, 0.25) is 5.82 Å². The Balaban J connectivity index is 2.11. The molecule has 0 spiro atoms. The van der Waals surface area contributed by atoms with Crippen LogP contribution in [0, 0.1) is 29.1 Å². The van der Waals surface area contributed by atoms with Gasteiger partial charge in [0.25, 0.3) is 5.91 Å². The summed E-state index contributed by atoms with van der Waals surface area (Å²) in [6.07, 6.45) is 1.22. The predicted molar refractivity (Wildman–Crippen MR) is 100 cm³/mol. The van der Waals surface area contributed by atoms with Crippen LogP contribution in [0.15, 0.2) is 33.3 Å². The van der Waals surface area contributed by atoms with Gasteiger partial charge in [-0.1, -0.05) is 15.9 Å². The molecule has 1 heterocycles. The number of esters is 1. The molecule has 0 atom stereocenters. The molecule has 0 unspecified atom stereocenters. The van der Waals surface area contributed by atoms with Gasteiger partial charge in [0, 0.05) is 17.0 Å². The Morgan fingerprint density at radius 3 is 2.20 bits per heavy atom. The summed E-state index contributed by atoms with van der Waals surface area (Å²) in [6.45, 7) is 2.47. The maximum atomic E-state index is 14.1. The topological polar surface area (TPSA) is 59.0 Å². The molecule has 0 aromatic heterocycles. The summed E-state index contributed by atoms with van der Waals surface area (Å²) in [4.78, 5) is 24.0. The molecule has 0 bridgehead atoms. The molecule has 0 radical (unpaired) electrons. The molecular weight excluding hydrogens is 479 g/mol. The molecule has 0 saturated carbocycles. The molecule has 1 aliphatic rings. The SMILES string of the molecule is CC(=O)Oc1ccc(Br)cc1/C=C1\C(=O)N(c2c(F)c(F)c(F)c(F)c2F)N=C1C. The number of carbonyl (C=O) groups is 2. The van der Waals surface area contributed by atoms with Gasteiger partial charge in [0.1, 0.15) is 11.4 Å². The standard InChI is InChI=1S/C19H10BrF5N2O3/c1-7-11(6-9-5-10(20)3-4-12(9)30-8(2)28)19(29)27(26-7)18-16(24)14(22)13(21)15(23)17(18)25/h3-6H,1-2H3/b11-6-. The summed E-state index contributed by atoms with van der Waals surface area (Å²) in [5.74, 6) is -12.8. The first-order valence-electron chi connectivity index (χ1n) is 8.14.